The molecular weight excluding hydrogens is 242 g/mol. The molecule has 0 spiro atoms. The topological polar surface area (TPSA) is 57.6 Å². The standard InChI is InChI=1S/C15H23NO3/c1-9-5-12-13(6-9)15(19)16(14(12)18)7-10-3-2-4-11(10)8-17/h9-13,17H,2-8H2,1H3. The Bertz CT molecular complexity index is 371. The molecule has 3 rings (SSSR count). The molecule has 0 aromatic rings. The van der Waals surface area contributed by atoms with E-state index in [1.165, 1.54) is 4.90 Å². The molecule has 106 valence electrons. The summed E-state index contributed by atoms with van der Waals surface area (Å²) in [5.74, 6) is 1.12. The van der Waals surface area contributed by atoms with Gasteiger partial charge in [-0.25, -0.2) is 0 Å². The molecular formula is C15H23NO3. The molecule has 2 amide bonds. The van der Waals surface area contributed by atoms with Crippen LogP contribution in [0.5, 0.6) is 0 Å². The average Bonchev–Trinajstić information content (AvgIpc) is 3.04. The van der Waals surface area contributed by atoms with Gasteiger partial charge in [-0.1, -0.05) is 13.3 Å². The highest BCUT2D eigenvalue weighted by atomic mass is 16.3. The van der Waals surface area contributed by atoms with Crippen LogP contribution in [0.4, 0.5) is 0 Å². The highest BCUT2D eigenvalue weighted by molar-refractivity contribution is 6.05. The maximum Gasteiger partial charge on any atom is 0.233 e. The van der Waals surface area contributed by atoms with E-state index in [0.29, 0.717) is 18.4 Å². The third-order valence-corrected chi connectivity index (χ3v) is 5.43. The average molecular weight is 265 g/mol. The van der Waals surface area contributed by atoms with Gasteiger partial charge in [-0.05, 0) is 43.4 Å². The van der Waals surface area contributed by atoms with Gasteiger partial charge in [-0.3, -0.25) is 14.5 Å². The van der Waals surface area contributed by atoms with Crippen molar-refractivity contribution >= 4 is 11.8 Å². The Morgan fingerprint density at radius 1 is 1.11 bits per heavy atom. The second-order valence-electron chi connectivity index (χ2n) is 6.71. The number of hydrogen-bond acceptors (Lipinski definition) is 3. The summed E-state index contributed by atoms with van der Waals surface area (Å²) in [6.07, 6.45) is 4.92. The number of imide groups is 1. The summed E-state index contributed by atoms with van der Waals surface area (Å²) >= 11 is 0. The lowest BCUT2D eigenvalue weighted by molar-refractivity contribution is -0.141. The maximum absolute atomic E-state index is 12.4. The summed E-state index contributed by atoms with van der Waals surface area (Å²) in [6, 6.07) is 0. The van der Waals surface area contributed by atoms with Crippen LogP contribution >= 0.6 is 0 Å². The van der Waals surface area contributed by atoms with Crippen LogP contribution in [0.1, 0.15) is 39.0 Å². The molecule has 4 heteroatoms. The third kappa shape index (κ3) is 2.10. The van der Waals surface area contributed by atoms with Crippen LogP contribution in [0.3, 0.4) is 0 Å². The molecule has 0 aromatic carbocycles. The second-order valence-corrected chi connectivity index (χ2v) is 6.71. The van der Waals surface area contributed by atoms with Crippen LogP contribution in [0.15, 0.2) is 0 Å². The van der Waals surface area contributed by atoms with Gasteiger partial charge < -0.3 is 5.11 Å². The number of aliphatic hydroxyl groups is 1. The summed E-state index contributed by atoms with van der Waals surface area (Å²) in [4.78, 5) is 26.3. The molecule has 0 bridgehead atoms. The van der Waals surface area contributed by atoms with Crippen molar-refractivity contribution in [3.8, 4) is 0 Å². The molecule has 2 saturated carbocycles. The van der Waals surface area contributed by atoms with E-state index in [0.717, 1.165) is 32.1 Å². The fraction of sp³-hybridized carbons (Fsp3) is 0.867. The van der Waals surface area contributed by atoms with Gasteiger partial charge >= 0.3 is 0 Å². The van der Waals surface area contributed by atoms with Crippen LogP contribution in [-0.2, 0) is 9.59 Å². The number of likely N-dealkylation sites (tertiary alicyclic amines) is 1. The van der Waals surface area contributed by atoms with Crippen LogP contribution in [-0.4, -0.2) is 35.0 Å². The molecule has 19 heavy (non-hydrogen) atoms. The third-order valence-electron chi connectivity index (χ3n) is 5.43. The van der Waals surface area contributed by atoms with E-state index in [1.54, 1.807) is 0 Å². The summed E-state index contributed by atoms with van der Waals surface area (Å²) < 4.78 is 0. The normalized spacial score (nSPS) is 42.2. The lowest BCUT2D eigenvalue weighted by Gasteiger charge is -2.24. The van der Waals surface area contributed by atoms with E-state index in [9.17, 15) is 14.7 Å². The predicted molar refractivity (Wildman–Crippen MR) is 70.0 cm³/mol. The van der Waals surface area contributed by atoms with Crippen molar-refractivity contribution < 1.29 is 14.7 Å². The van der Waals surface area contributed by atoms with Crippen LogP contribution in [0.25, 0.3) is 0 Å². The molecule has 3 fully saturated rings. The van der Waals surface area contributed by atoms with Crippen molar-refractivity contribution in [2.45, 2.75) is 39.0 Å². The minimum Gasteiger partial charge on any atom is -0.396 e. The van der Waals surface area contributed by atoms with Gasteiger partial charge in [0.05, 0.1) is 11.8 Å². The van der Waals surface area contributed by atoms with Crippen molar-refractivity contribution in [3.63, 3.8) is 0 Å². The molecule has 2 aliphatic carbocycles. The monoisotopic (exact) mass is 265 g/mol. The summed E-state index contributed by atoms with van der Waals surface area (Å²) in [5.41, 5.74) is 0. The molecule has 1 heterocycles. The fourth-order valence-corrected chi connectivity index (χ4v) is 4.36. The Hall–Kier alpha value is -0.900. The summed E-state index contributed by atoms with van der Waals surface area (Å²) in [5, 5.41) is 9.35. The van der Waals surface area contributed by atoms with Crippen LogP contribution in [0, 0.1) is 29.6 Å². The maximum atomic E-state index is 12.4. The molecule has 1 N–H and O–H groups in total. The van der Waals surface area contributed by atoms with E-state index >= 15 is 0 Å². The minimum atomic E-state index is -0.0449. The van der Waals surface area contributed by atoms with Crippen molar-refractivity contribution in [1.82, 2.24) is 4.90 Å². The van der Waals surface area contributed by atoms with E-state index in [4.69, 9.17) is 0 Å². The van der Waals surface area contributed by atoms with E-state index in [2.05, 4.69) is 6.92 Å². The van der Waals surface area contributed by atoms with Crippen molar-refractivity contribution in [3.05, 3.63) is 0 Å². The Morgan fingerprint density at radius 2 is 1.68 bits per heavy atom. The number of nitrogens with zero attached hydrogens (tertiary/aromatic N) is 1. The summed E-state index contributed by atoms with van der Waals surface area (Å²) in [7, 11) is 0. The molecule has 4 unspecified atom stereocenters. The van der Waals surface area contributed by atoms with Gasteiger partial charge in [-0.15, -0.1) is 0 Å². The number of carbonyl (C=O) groups excluding carboxylic acids is 2. The van der Waals surface area contributed by atoms with Gasteiger partial charge in [-0.2, -0.15) is 0 Å². The van der Waals surface area contributed by atoms with Crippen LogP contribution < -0.4 is 0 Å². The predicted octanol–water partition coefficient (Wildman–Crippen LogP) is 1.43. The van der Waals surface area contributed by atoms with Crippen LogP contribution in [0.2, 0.25) is 0 Å². The van der Waals surface area contributed by atoms with Gasteiger partial charge in [0.25, 0.3) is 0 Å². The van der Waals surface area contributed by atoms with E-state index in [-0.39, 0.29) is 36.2 Å². The molecule has 3 aliphatic rings. The first-order chi connectivity index (χ1) is 9.11. The van der Waals surface area contributed by atoms with Gasteiger partial charge in [0, 0.05) is 13.2 Å². The lowest BCUT2D eigenvalue weighted by atomic mass is 9.96. The second kappa shape index (κ2) is 4.89. The number of carbonyl (C=O) groups is 2. The van der Waals surface area contributed by atoms with Crippen molar-refractivity contribution in [2.75, 3.05) is 13.2 Å². The van der Waals surface area contributed by atoms with Gasteiger partial charge in [0.15, 0.2) is 0 Å². The van der Waals surface area contributed by atoms with E-state index < -0.39 is 0 Å². The van der Waals surface area contributed by atoms with Crippen molar-refractivity contribution in [2.24, 2.45) is 29.6 Å². The minimum absolute atomic E-state index is 0.0449. The SMILES string of the molecule is CC1CC2C(=O)N(CC3CCCC3CO)C(=O)C2C1. The quantitative estimate of drug-likeness (QED) is 0.785. The zero-order valence-electron chi connectivity index (χ0n) is 11.5. The van der Waals surface area contributed by atoms with Crippen molar-refractivity contribution in [1.29, 1.82) is 0 Å². The molecule has 4 nitrogen and oxygen atoms in total. The molecule has 4 atom stereocenters. The number of fused-ring (bicyclic) bond motifs is 1. The summed E-state index contributed by atoms with van der Waals surface area (Å²) in [6.45, 7) is 2.86. The lowest BCUT2D eigenvalue weighted by Crippen LogP contribution is -2.37. The smallest absolute Gasteiger partial charge is 0.233 e. The molecule has 1 saturated heterocycles. The largest absolute Gasteiger partial charge is 0.396 e. The first-order valence-corrected chi connectivity index (χ1v) is 7.58. The highest BCUT2D eigenvalue weighted by Gasteiger charge is 2.52. The van der Waals surface area contributed by atoms with E-state index in [1.807, 2.05) is 0 Å². The Labute approximate surface area is 114 Å². The zero-order valence-corrected chi connectivity index (χ0v) is 11.5. The number of amides is 2. The van der Waals surface area contributed by atoms with Gasteiger partial charge in [0.1, 0.15) is 0 Å². The molecule has 1 aliphatic heterocycles. The first-order valence-electron chi connectivity index (χ1n) is 7.58. The Balaban J connectivity index is 1.69. The van der Waals surface area contributed by atoms with Gasteiger partial charge in [0.2, 0.25) is 11.8 Å². The zero-order chi connectivity index (χ0) is 13.6. The number of rotatable bonds is 3. The fourth-order valence-electron chi connectivity index (χ4n) is 4.36. The number of aliphatic hydroxyl groups excluding tert-OH is 1. The first kappa shape index (κ1) is 13.1. The molecule has 0 aromatic heterocycles. The Morgan fingerprint density at radius 3 is 2.26 bits per heavy atom. The number of hydrogen-bond donors (Lipinski definition) is 1. The molecule has 0 radical (unpaired) electrons. The Kier molecular flexibility index (Phi) is 3.37. The highest BCUT2D eigenvalue weighted by Crippen LogP contribution is 2.44.